The van der Waals surface area contributed by atoms with Gasteiger partial charge in [0.25, 0.3) is 0 Å². The Morgan fingerprint density at radius 1 is 1.06 bits per heavy atom. The van der Waals surface area contributed by atoms with Crippen LogP contribution in [-0.4, -0.2) is 12.5 Å². The average Bonchev–Trinajstić information content (AvgIpc) is 2.11. The monoisotopic (exact) mass is 356 g/mol. The summed E-state index contributed by atoms with van der Waals surface area (Å²) in [7, 11) is 0. The van der Waals surface area contributed by atoms with Crippen molar-refractivity contribution in [3.8, 4) is 5.75 Å². The molecule has 0 aromatic heterocycles. The standard InChI is InChI=1S/C9H4BrClF6O/c10-7(8(12,13)14)4-1-5(11)3-6(2-4)18-9(15,16)17/h1-3,7H. The molecule has 1 rings (SSSR count). The highest BCUT2D eigenvalue weighted by atomic mass is 79.9. The van der Waals surface area contributed by atoms with Crippen molar-refractivity contribution >= 4 is 27.5 Å². The molecular formula is C9H4BrClF6O. The molecule has 0 saturated heterocycles. The maximum absolute atomic E-state index is 12.4. The van der Waals surface area contributed by atoms with Crippen molar-refractivity contribution in [1.29, 1.82) is 0 Å². The third-order valence-electron chi connectivity index (χ3n) is 1.71. The topological polar surface area (TPSA) is 9.23 Å². The molecule has 9 heteroatoms. The molecule has 0 radical (unpaired) electrons. The second-order valence-electron chi connectivity index (χ2n) is 3.17. The largest absolute Gasteiger partial charge is 0.573 e. The van der Waals surface area contributed by atoms with Crippen LogP contribution in [0.15, 0.2) is 18.2 Å². The van der Waals surface area contributed by atoms with Crippen LogP contribution in [0.2, 0.25) is 5.02 Å². The van der Waals surface area contributed by atoms with E-state index in [1.165, 1.54) is 0 Å². The van der Waals surface area contributed by atoms with Gasteiger partial charge in [-0.25, -0.2) is 0 Å². The Balaban J connectivity index is 3.09. The Morgan fingerprint density at radius 2 is 1.61 bits per heavy atom. The Hall–Kier alpha value is -0.630. The molecule has 18 heavy (non-hydrogen) atoms. The zero-order valence-corrected chi connectivity index (χ0v) is 10.6. The number of halogens is 8. The van der Waals surface area contributed by atoms with Crippen LogP contribution in [0.5, 0.6) is 5.75 Å². The quantitative estimate of drug-likeness (QED) is 0.520. The second kappa shape index (κ2) is 5.16. The van der Waals surface area contributed by atoms with Gasteiger partial charge in [0.05, 0.1) is 0 Å². The molecule has 0 aliphatic heterocycles. The van der Waals surface area contributed by atoms with Crippen LogP contribution in [0.1, 0.15) is 10.4 Å². The lowest BCUT2D eigenvalue weighted by Gasteiger charge is -2.16. The van der Waals surface area contributed by atoms with Gasteiger partial charge in [0.15, 0.2) is 0 Å². The number of alkyl halides is 7. The number of hydrogen-bond acceptors (Lipinski definition) is 1. The number of ether oxygens (including phenoxy) is 1. The summed E-state index contributed by atoms with van der Waals surface area (Å²) in [5.74, 6) is -0.807. The van der Waals surface area contributed by atoms with E-state index in [1.807, 2.05) is 0 Å². The van der Waals surface area contributed by atoms with Gasteiger partial charge in [0.1, 0.15) is 10.6 Å². The van der Waals surface area contributed by atoms with Crippen molar-refractivity contribution in [2.45, 2.75) is 17.4 Å². The van der Waals surface area contributed by atoms with E-state index in [1.54, 1.807) is 0 Å². The lowest BCUT2D eigenvalue weighted by molar-refractivity contribution is -0.274. The molecule has 0 aliphatic carbocycles. The maximum Gasteiger partial charge on any atom is 0.573 e. The lowest BCUT2D eigenvalue weighted by Crippen LogP contribution is -2.18. The van der Waals surface area contributed by atoms with E-state index in [9.17, 15) is 26.3 Å². The molecule has 1 unspecified atom stereocenters. The third-order valence-corrected chi connectivity index (χ3v) is 2.97. The Labute approximate surface area is 111 Å². The first-order chi connectivity index (χ1) is 7.99. The van der Waals surface area contributed by atoms with Gasteiger partial charge >= 0.3 is 12.5 Å². The average molecular weight is 357 g/mol. The molecule has 1 nitrogen and oxygen atoms in total. The molecular weight excluding hydrogens is 353 g/mol. The minimum atomic E-state index is -5.00. The summed E-state index contributed by atoms with van der Waals surface area (Å²) in [4.78, 5) is -2.13. The predicted octanol–water partition coefficient (Wildman–Crippen LogP) is 5.24. The van der Waals surface area contributed by atoms with Crippen molar-refractivity contribution < 1.29 is 31.1 Å². The molecule has 1 aromatic rings. The minimum Gasteiger partial charge on any atom is -0.406 e. The summed E-state index contributed by atoms with van der Waals surface area (Å²) in [6.45, 7) is 0. The fourth-order valence-electron chi connectivity index (χ4n) is 1.11. The SMILES string of the molecule is FC(F)(F)Oc1cc(Cl)cc(C(Br)C(F)(F)F)c1. The number of rotatable bonds is 2. The highest BCUT2D eigenvalue weighted by Gasteiger charge is 2.39. The van der Waals surface area contributed by atoms with Gasteiger partial charge in [-0.1, -0.05) is 27.5 Å². The smallest absolute Gasteiger partial charge is 0.406 e. The summed E-state index contributed by atoms with van der Waals surface area (Å²) >= 11 is 7.77. The molecule has 0 bridgehead atoms. The highest BCUT2D eigenvalue weighted by Crippen LogP contribution is 2.42. The van der Waals surface area contributed by atoms with Crippen LogP contribution in [-0.2, 0) is 0 Å². The molecule has 1 aromatic carbocycles. The van der Waals surface area contributed by atoms with Crippen molar-refractivity contribution in [2.75, 3.05) is 0 Å². The summed E-state index contributed by atoms with van der Waals surface area (Å²) in [5.41, 5.74) is -0.478. The fourth-order valence-corrected chi connectivity index (χ4v) is 1.61. The Bertz CT molecular complexity index is 430. The van der Waals surface area contributed by atoms with Crippen molar-refractivity contribution in [3.63, 3.8) is 0 Å². The molecule has 102 valence electrons. The third kappa shape index (κ3) is 4.56. The zero-order valence-electron chi connectivity index (χ0n) is 8.24. The van der Waals surface area contributed by atoms with Gasteiger partial charge in [-0.3, -0.25) is 0 Å². The second-order valence-corrected chi connectivity index (χ2v) is 4.52. The van der Waals surface area contributed by atoms with Crippen LogP contribution >= 0.6 is 27.5 Å². The maximum atomic E-state index is 12.4. The van der Waals surface area contributed by atoms with Crippen LogP contribution in [0.4, 0.5) is 26.3 Å². The summed E-state index contributed by atoms with van der Waals surface area (Å²) < 4.78 is 76.5. The van der Waals surface area contributed by atoms with Crippen molar-refractivity contribution in [1.82, 2.24) is 0 Å². The van der Waals surface area contributed by atoms with Gasteiger partial charge in [0.2, 0.25) is 0 Å². The van der Waals surface area contributed by atoms with Crippen LogP contribution in [0.25, 0.3) is 0 Å². The molecule has 1 atom stereocenters. The summed E-state index contributed by atoms with van der Waals surface area (Å²) in [6.07, 6.45) is -9.65. The first-order valence-corrected chi connectivity index (χ1v) is 5.55. The van der Waals surface area contributed by atoms with Crippen LogP contribution in [0.3, 0.4) is 0 Å². The van der Waals surface area contributed by atoms with E-state index in [0.29, 0.717) is 6.07 Å². The Kier molecular flexibility index (Phi) is 4.42. The van der Waals surface area contributed by atoms with Gasteiger partial charge in [-0.2, -0.15) is 13.2 Å². The summed E-state index contributed by atoms with van der Waals surface area (Å²) in [5, 5.41) is -0.291. The highest BCUT2D eigenvalue weighted by molar-refractivity contribution is 9.09. The Morgan fingerprint density at radius 3 is 2.06 bits per heavy atom. The minimum absolute atomic E-state index is 0.291. The first kappa shape index (κ1) is 15.4. The van der Waals surface area contributed by atoms with Gasteiger partial charge in [-0.15, -0.1) is 13.2 Å². The van der Waals surface area contributed by atoms with E-state index < -0.39 is 28.7 Å². The van der Waals surface area contributed by atoms with Crippen LogP contribution < -0.4 is 4.74 Å². The lowest BCUT2D eigenvalue weighted by atomic mass is 10.1. The van der Waals surface area contributed by atoms with E-state index in [0.717, 1.165) is 12.1 Å². The number of benzene rings is 1. The zero-order chi connectivity index (χ0) is 14.1. The predicted molar refractivity (Wildman–Crippen MR) is 55.9 cm³/mol. The fraction of sp³-hybridized carbons (Fsp3) is 0.333. The van der Waals surface area contributed by atoms with E-state index in [4.69, 9.17) is 11.6 Å². The molecule has 0 N–H and O–H groups in total. The normalized spacial score (nSPS) is 14.4. The molecule has 0 aliphatic rings. The van der Waals surface area contributed by atoms with Crippen molar-refractivity contribution in [3.05, 3.63) is 28.8 Å². The number of hydrogen-bond donors (Lipinski definition) is 0. The molecule has 0 heterocycles. The molecule has 0 fully saturated rings. The van der Waals surface area contributed by atoms with Gasteiger partial charge in [-0.05, 0) is 23.8 Å². The molecule has 0 spiro atoms. The van der Waals surface area contributed by atoms with E-state index in [2.05, 4.69) is 20.7 Å². The van der Waals surface area contributed by atoms with Gasteiger partial charge < -0.3 is 4.74 Å². The molecule has 0 amide bonds. The van der Waals surface area contributed by atoms with Crippen LogP contribution in [0, 0.1) is 0 Å². The van der Waals surface area contributed by atoms with Gasteiger partial charge in [0, 0.05) is 5.02 Å². The van der Waals surface area contributed by atoms with E-state index >= 15 is 0 Å². The molecule has 0 saturated carbocycles. The summed E-state index contributed by atoms with van der Waals surface area (Å²) in [6, 6.07) is 2.29. The van der Waals surface area contributed by atoms with E-state index in [-0.39, 0.29) is 5.02 Å². The first-order valence-electron chi connectivity index (χ1n) is 4.26. The van der Waals surface area contributed by atoms with Crippen molar-refractivity contribution in [2.24, 2.45) is 0 Å².